The van der Waals surface area contributed by atoms with Crippen LogP contribution in [0.4, 0.5) is 10.3 Å². The van der Waals surface area contributed by atoms with Crippen molar-refractivity contribution in [2.24, 2.45) is 11.8 Å². The summed E-state index contributed by atoms with van der Waals surface area (Å²) in [6.07, 6.45) is 4.97. The number of nitrogens with one attached hydrogen (secondary N) is 4. The van der Waals surface area contributed by atoms with E-state index in [0.29, 0.717) is 28.7 Å². The van der Waals surface area contributed by atoms with Crippen LogP contribution in [0.3, 0.4) is 0 Å². The summed E-state index contributed by atoms with van der Waals surface area (Å²) in [5, 5.41) is 31.4. The third kappa shape index (κ3) is 11.5. The van der Waals surface area contributed by atoms with Gasteiger partial charge in [0, 0.05) is 18.8 Å². The number of carbonyl (C=O) groups excluding carboxylic acids is 4. The van der Waals surface area contributed by atoms with E-state index in [4.69, 9.17) is 9.47 Å². The molecule has 6 rings (SSSR count). The van der Waals surface area contributed by atoms with Crippen LogP contribution in [0.1, 0.15) is 71.7 Å². The Labute approximate surface area is 322 Å². The summed E-state index contributed by atoms with van der Waals surface area (Å²) in [6.45, 7) is 2.98. The Balaban J connectivity index is 0.952. The normalized spacial score (nSPS) is 16.3. The molecule has 2 saturated heterocycles. The fourth-order valence-corrected chi connectivity index (χ4v) is 8.02. The number of anilines is 2. The van der Waals surface area contributed by atoms with Gasteiger partial charge in [0.15, 0.2) is 11.9 Å². The van der Waals surface area contributed by atoms with Crippen molar-refractivity contribution in [3.8, 4) is 0 Å². The van der Waals surface area contributed by atoms with Gasteiger partial charge >= 0.3 is 5.97 Å². The van der Waals surface area contributed by atoms with E-state index in [2.05, 4.69) is 41.7 Å². The second-order valence-electron chi connectivity index (χ2n) is 13.4. The van der Waals surface area contributed by atoms with E-state index in [-0.39, 0.29) is 42.7 Å². The van der Waals surface area contributed by atoms with Crippen molar-refractivity contribution in [1.82, 2.24) is 31.0 Å². The number of Topliss-reactive ketones (excluding diaryl/α,β-unsaturated/α-hetero) is 1. The molecule has 2 atom stereocenters. The molecule has 0 radical (unpaired) electrons. The molecule has 2 amide bonds. The minimum atomic E-state index is -0.961. The quantitative estimate of drug-likeness (QED) is 0.0822. The summed E-state index contributed by atoms with van der Waals surface area (Å²) in [5.41, 5.74) is 1.41. The first kappa shape index (κ1) is 39.2. The summed E-state index contributed by atoms with van der Waals surface area (Å²) in [5.74, 6) is -1.87. The number of hydrogen-bond acceptors (Lipinski definition) is 14. The summed E-state index contributed by atoms with van der Waals surface area (Å²) in [4.78, 5) is 52.2. The number of benzene rings is 2. The number of amides is 2. The molecule has 4 heterocycles. The number of aromatic nitrogens is 4. The number of ether oxygens (including phenoxy) is 2. The van der Waals surface area contributed by atoms with Crippen molar-refractivity contribution in [3.63, 3.8) is 0 Å². The first-order valence-electron chi connectivity index (χ1n) is 18.5. The van der Waals surface area contributed by atoms with Crippen molar-refractivity contribution in [2.45, 2.75) is 63.4 Å². The van der Waals surface area contributed by atoms with Gasteiger partial charge in [0.1, 0.15) is 23.2 Å². The average molecular weight is 775 g/mol. The molecule has 0 aliphatic carbocycles. The van der Waals surface area contributed by atoms with Crippen molar-refractivity contribution in [2.75, 3.05) is 50.0 Å². The Hall–Kier alpha value is -4.48. The molecule has 54 heavy (non-hydrogen) atoms. The van der Waals surface area contributed by atoms with Gasteiger partial charge in [-0.2, -0.15) is 0 Å². The van der Waals surface area contributed by atoms with Crippen molar-refractivity contribution in [3.05, 3.63) is 81.8 Å². The first-order chi connectivity index (χ1) is 26.4. The van der Waals surface area contributed by atoms with Gasteiger partial charge in [-0.25, -0.2) is 0 Å². The molecule has 0 saturated carbocycles. The van der Waals surface area contributed by atoms with Crippen molar-refractivity contribution < 1.29 is 28.7 Å². The molecule has 4 aromatic rings. The zero-order valence-electron chi connectivity index (χ0n) is 30.0. The fraction of sp³-hybridized carbons (Fsp3) is 0.474. The predicted molar refractivity (Wildman–Crippen MR) is 205 cm³/mol. The van der Waals surface area contributed by atoms with Gasteiger partial charge < -0.3 is 20.1 Å². The van der Waals surface area contributed by atoms with Crippen LogP contribution < -0.4 is 21.3 Å². The second-order valence-corrected chi connectivity index (χ2v) is 15.5. The minimum Gasteiger partial charge on any atom is -0.464 e. The zero-order chi connectivity index (χ0) is 37.5. The Morgan fingerprint density at radius 2 is 1.20 bits per heavy atom. The van der Waals surface area contributed by atoms with Gasteiger partial charge in [0.05, 0.1) is 11.8 Å². The van der Waals surface area contributed by atoms with E-state index >= 15 is 0 Å². The molecule has 0 spiro atoms. The first-order valence-corrected chi connectivity index (χ1v) is 20.1. The number of ketones is 1. The van der Waals surface area contributed by atoms with Crippen LogP contribution in [-0.4, -0.2) is 83.4 Å². The Morgan fingerprint density at radius 3 is 1.78 bits per heavy atom. The van der Waals surface area contributed by atoms with Crippen molar-refractivity contribution in [1.29, 1.82) is 0 Å². The molecule has 16 heteroatoms. The predicted octanol–water partition coefficient (Wildman–Crippen LogP) is 4.49. The summed E-state index contributed by atoms with van der Waals surface area (Å²) in [7, 11) is 0. The lowest BCUT2D eigenvalue weighted by molar-refractivity contribution is -0.150. The largest absolute Gasteiger partial charge is 0.464 e. The second kappa shape index (κ2) is 20.3. The summed E-state index contributed by atoms with van der Waals surface area (Å²) < 4.78 is 11.6. The molecule has 2 aliphatic rings. The highest BCUT2D eigenvalue weighted by molar-refractivity contribution is 7.15. The third-order valence-electron chi connectivity index (χ3n) is 9.54. The molecule has 286 valence electrons. The minimum absolute atomic E-state index is 0.0112. The van der Waals surface area contributed by atoms with Gasteiger partial charge in [-0.05, 0) is 75.8 Å². The number of unbranched alkanes of at least 4 members (excludes halogenated alkanes) is 1. The number of esters is 1. The van der Waals surface area contributed by atoms with Crippen LogP contribution in [-0.2, 0) is 41.5 Å². The molecule has 2 fully saturated rings. The Bertz CT molecular complexity index is 1680. The lowest BCUT2D eigenvalue weighted by Gasteiger charge is -2.23. The van der Waals surface area contributed by atoms with E-state index in [0.717, 1.165) is 80.3 Å². The molecule has 0 bridgehead atoms. The maximum absolute atomic E-state index is 13.4. The van der Waals surface area contributed by atoms with Crippen LogP contribution in [0.5, 0.6) is 0 Å². The highest BCUT2D eigenvalue weighted by Crippen LogP contribution is 2.26. The molecule has 2 aromatic carbocycles. The maximum Gasteiger partial charge on any atom is 0.309 e. The molecule has 14 nitrogen and oxygen atoms in total. The molecule has 2 aromatic heterocycles. The smallest absolute Gasteiger partial charge is 0.309 e. The average Bonchev–Trinajstić information content (AvgIpc) is 3.86. The van der Waals surface area contributed by atoms with Crippen LogP contribution in [0.25, 0.3) is 0 Å². The number of aryl methyl sites for hydroxylation is 2. The molecule has 2 unspecified atom stereocenters. The summed E-state index contributed by atoms with van der Waals surface area (Å²) in [6, 6.07) is 18.4. The van der Waals surface area contributed by atoms with Crippen LogP contribution >= 0.6 is 22.7 Å². The Morgan fingerprint density at radius 1 is 0.685 bits per heavy atom. The number of piperidine rings is 2. The molecule has 2 aliphatic heterocycles. The number of carbonyl (C=O) groups is 4. The number of rotatable bonds is 18. The fourth-order valence-electron chi connectivity index (χ4n) is 6.45. The van der Waals surface area contributed by atoms with E-state index in [1.54, 1.807) is 12.1 Å². The van der Waals surface area contributed by atoms with E-state index in [9.17, 15) is 19.2 Å². The van der Waals surface area contributed by atoms with Gasteiger partial charge in [0.25, 0.3) is 5.91 Å². The molecular formula is C38H46N8O6S2. The number of hydrogen-bond donors (Lipinski definition) is 4. The molecule has 4 N–H and O–H groups in total. The third-order valence-corrected chi connectivity index (χ3v) is 11.3. The lowest BCUT2D eigenvalue weighted by atomic mass is 9.94. The van der Waals surface area contributed by atoms with Crippen molar-refractivity contribution >= 4 is 56.5 Å². The van der Waals surface area contributed by atoms with Gasteiger partial charge in [-0.3, -0.25) is 29.8 Å². The van der Waals surface area contributed by atoms with E-state index < -0.39 is 17.9 Å². The molecular weight excluding hydrogens is 729 g/mol. The maximum atomic E-state index is 13.4. The van der Waals surface area contributed by atoms with Crippen LogP contribution in [0, 0.1) is 11.8 Å². The van der Waals surface area contributed by atoms with Crippen LogP contribution in [0.15, 0.2) is 60.7 Å². The van der Waals surface area contributed by atoms with Crippen LogP contribution in [0.2, 0.25) is 0 Å². The monoisotopic (exact) mass is 774 g/mol. The van der Waals surface area contributed by atoms with Gasteiger partial charge in [-0.1, -0.05) is 83.3 Å². The van der Waals surface area contributed by atoms with Gasteiger partial charge in [-0.15, -0.1) is 20.4 Å². The highest BCUT2D eigenvalue weighted by Gasteiger charge is 2.29. The summed E-state index contributed by atoms with van der Waals surface area (Å²) >= 11 is 2.62. The topological polar surface area (TPSA) is 186 Å². The zero-order valence-corrected chi connectivity index (χ0v) is 31.7. The van der Waals surface area contributed by atoms with Gasteiger partial charge in [0.2, 0.25) is 16.2 Å². The Kier molecular flexibility index (Phi) is 14.7. The standard InChI is InChI=1S/C38H46N8O6S2/c47-30(26-15-19-39-20-16-26)24-51-33(27-11-5-2-6-12-27)35(49)42-38-46-44-32(54-38)14-8-7-13-31-43-45-37(53-31)41-34(48)29(25-9-3-1-4-10-25)23-52-36(50)28-17-21-40-22-18-28/h1-6,9-12,26,28-29,33,39-40H,7-8,13-24H2,(H,41,45,48)(H,42,46,49). The lowest BCUT2D eigenvalue weighted by Crippen LogP contribution is -2.34. The number of nitrogens with zero attached hydrogens (tertiary/aromatic N) is 4. The SMILES string of the molecule is O=C(COC(C(=O)Nc1nnc(CCCCc2nnc(NC(=O)C(COC(=O)C3CCNCC3)c3ccccc3)s2)s1)c1ccccc1)C1CCNCC1. The highest BCUT2D eigenvalue weighted by atomic mass is 32.1. The van der Waals surface area contributed by atoms with E-state index in [1.807, 2.05) is 48.5 Å². The van der Waals surface area contributed by atoms with E-state index in [1.165, 1.54) is 22.7 Å².